The Morgan fingerprint density at radius 1 is 1.47 bits per heavy atom. The molecule has 1 N–H and O–H groups in total. The molecule has 1 atom stereocenters. The zero-order valence-electron chi connectivity index (χ0n) is 17.5. The number of fused-ring (bicyclic) bond motifs is 3. The van der Waals surface area contributed by atoms with Crippen LogP contribution in [0.4, 0.5) is 11.4 Å². The maximum Gasteiger partial charge on any atom is 0.271 e. The van der Waals surface area contributed by atoms with E-state index in [1.54, 1.807) is 15.9 Å². The van der Waals surface area contributed by atoms with Gasteiger partial charge in [0, 0.05) is 23.6 Å². The number of carbonyl (C=O) groups is 1. The normalized spacial score (nSPS) is 15.5. The number of amides is 1. The van der Waals surface area contributed by atoms with Crippen molar-refractivity contribution in [3.05, 3.63) is 54.1 Å². The first-order valence-electron chi connectivity index (χ1n) is 10.2. The van der Waals surface area contributed by atoms with E-state index >= 15 is 0 Å². The van der Waals surface area contributed by atoms with E-state index < -0.39 is 4.92 Å². The summed E-state index contributed by atoms with van der Waals surface area (Å²) in [5, 5.41) is 14.8. The number of aromatic nitrogens is 2. The molecular weight excluding hydrogens is 472 g/mol. The van der Waals surface area contributed by atoms with Gasteiger partial charge in [0.25, 0.3) is 11.2 Å². The fourth-order valence-corrected chi connectivity index (χ4v) is 6.34. The third-order valence-corrected chi connectivity index (χ3v) is 7.90. The lowest BCUT2D eigenvalue weighted by atomic mass is 9.89. The van der Waals surface area contributed by atoms with Gasteiger partial charge in [-0.05, 0) is 43.7 Å². The van der Waals surface area contributed by atoms with Crippen LogP contribution in [0.15, 0.2) is 28.2 Å². The molecule has 0 spiro atoms. The highest BCUT2D eigenvalue weighted by atomic mass is 35.5. The molecule has 0 aliphatic heterocycles. The van der Waals surface area contributed by atoms with Gasteiger partial charge in [0.15, 0.2) is 5.16 Å². The summed E-state index contributed by atoms with van der Waals surface area (Å²) in [5.74, 6) is 0.280. The number of hydrogen-bond donors (Lipinski definition) is 1. The zero-order valence-corrected chi connectivity index (χ0v) is 19.9. The molecule has 1 amide bonds. The van der Waals surface area contributed by atoms with Crippen LogP contribution in [0, 0.1) is 16.0 Å². The topological polar surface area (TPSA) is 107 Å². The number of nitro groups is 1. The number of anilines is 1. The van der Waals surface area contributed by atoms with Gasteiger partial charge in [-0.2, -0.15) is 0 Å². The smallest absolute Gasteiger partial charge is 0.271 e. The van der Waals surface area contributed by atoms with Crippen LogP contribution in [0.5, 0.6) is 0 Å². The van der Waals surface area contributed by atoms with Crippen LogP contribution in [0.25, 0.3) is 10.2 Å². The number of halogens is 1. The van der Waals surface area contributed by atoms with Crippen LogP contribution in [0.3, 0.4) is 0 Å². The summed E-state index contributed by atoms with van der Waals surface area (Å²) in [7, 11) is 0. The lowest BCUT2D eigenvalue weighted by Gasteiger charge is -2.17. The molecule has 2 heterocycles. The highest BCUT2D eigenvalue weighted by molar-refractivity contribution is 7.99. The molecule has 168 valence electrons. The van der Waals surface area contributed by atoms with Gasteiger partial charge in [-0.15, -0.1) is 11.3 Å². The first-order chi connectivity index (χ1) is 15.3. The third-order valence-electron chi connectivity index (χ3n) is 5.47. The average Bonchev–Trinajstić information content (AvgIpc) is 3.11. The predicted octanol–water partition coefficient (Wildman–Crippen LogP) is 4.90. The standard InChI is InChI=1S/C21H21ClN4O4S2/c1-3-25-20(28)18-13-6-4-11(2)8-16(13)32-19(18)24-21(25)31-10-17(27)23-15-7-5-12(26(29)30)9-14(15)22/h5,7,9,11H,3-4,6,8,10H2,1-2H3,(H,23,27). The number of nitrogens with zero attached hydrogens (tertiary/aromatic N) is 3. The van der Waals surface area contributed by atoms with Crippen molar-refractivity contribution in [2.75, 3.05) is 11.1 Å². The fourth-order valence-electron chi connectivity index (χ4n) is 3.83. The van der Waals surface area contributed by atoms with E-state index in [0.29, 0.717) is 23.3 Å². The van der Waals surface area contributed by atoms with Crippen molar-refractivity contribution in [3.63, 3.8) is 0 Å². The fraction of sp³-hybridized carbons (Fsp3) is 0.381. The number of hydrogen-bond acceptors (Lipinski definition) is 7. The largest absolute Gasteiger partial charge is 0.324 e. The van der Waals surface area contributed by atoms with Crippen LogP contribution < -0.4 is 10.9 Å². The predicted molar refractivity (Wildman–Crippen MR) is 128 cm³/mol. The summed E-state index contributed by atoms with van der Waals surface area (Å²) >= 11 is 8.81. The Labute approximate surface area is 197 Å². The lowest BCUT2D eigenvalue weighted by Crippen LogP contribution is -2.24. The SMILES string of the molecule is CCn1c(SCC(=O)Nc2ccc([N+](=O)[O-])cc2Cl)nc2sc3c(c2c1=O)CCC(C)C3. The number of carbonyl (C=O) groups excluding carboxylic acids is 1. The third kappa shape index (κ3) is 4.39. The van der Waals surface area contributed by atoms with Gasteiger partial charge in [0.05, 0.1) is 26.8 Å². The van der Waals surface area contributed by atoms with Crippen molar-refractivity contribution in [3.8, 4) is 0 Å². The van der Waals surface area contributed by atoms with Crippen molar-refractivity contribution in [2.45, 2.75) is 44.8 Å². The van der Waals surface area contributed by atoms with Gasteiger partial charge >= 0.3 is 0 Å². The molecule has 0 saturated carbocycles. The number of thioether (sulfide) groups is 1. The van der Waals surface area contributed by atoms with Gasteiger partial charge in [-0.25, -0.2) is 4.98 Å². The van der Waals surface area contributed by atoms with Crippen LogP contribution >= 0.6 is 34.7 Å². The molecule has 8 nitrogen and oxygen atoms in total. The van der Waals surface area contributed by atoms with E-state index in [1.807, 2.05) is 6.92 Å². The minimum Gasteiger partial charge on any atom is -0.324 e. The summed E-state index contributed by atoms with van der Waals surface area (Å²) < 4.78 is 1.62. The zero-order chi connectivity index (χ0) is 23.0. The highest BCUT2D eigenvalue weighted by Gasteiger charge is 2.24. The molecule has 0 radical (unpaired) electrons. The number of nitrogens with one attached hydrogen (secondary N) is 1. The number of rotatable bonds is 6. The summed E-state index contributed by atoms with van der Waals surface area (Å²) in [6.45, 7) is 4.57. The van der Waals surface area contributed by atoms with Crippen molar-refractivity contribution >= 4 is 62.2 Å². The maximum atomic E-state index is 13.2. The summed E-state index contributed by atoms with van der Waals surface area (Å²) in [6, 6.07) is 3.86. The monoisotopic (exact) mass is 492 g/mol. The number of non-ortho nitro benzene ring substituents is 1. The molecule has 0 bridgehead atoms. The highest BCUT2D eigenvalue weighted by Crippen LogP contribution is 2.36. The molecule has 4 rings (SSSR count). The number of aryl methyl sites for hydroxylation is 1. The molecular formula is C21H21ClN4O4S2. The lowest BCUT2D eigenvalue weighted by molar-refractivity contribution is -0.384. The van der Waals surface area contributed by atoms with Gasteiger partial charge in [0.2, 0.25) is 5.91 Å². The van der Waals surface area contributed by atoms with Crippen molar-refractivity contribution in [1.29, 1.82) is 0 Å². The van der Waals surface area contributed by atoms with Crippen LogP contribution in [-0.2, 0) is 24.2 Å². The Morgan fingerprint density at radius 2 is 2.25 bits per heavy atom. The molecule has 1 unspecified atom stereocenters. The van der Waals surface area contributed by atoms with Crippen molar-refractivity contribution in [2.24, 2.45) is 5.92 Å². The molecule has 2 aromatic heterocycles. The second kappa shape index (κ2) is 9.21. The van der Waals surface area contributed by atoms with E-state index in [2.05, 4.69) is 12.2 Å². The Bertz CT molecular complexity index is 1290. The minimum absolute atomic E-state index is 0.0212. The van der Waals surface area contributed by atoms with E-state index in [-0.39, 0.29) is 27.9 Å². The van der Waals surface area contributed by atoms with Gasteiger partial charge in [0.1, 0.15) is 4.83 Å². The van der Waals surface area contributed by atoms with E-state index in [4.69, 9.17) is 16.6 Å². The molecule has 0 saturated heterocycles. The molecule has 1 aromatic carbocycles. The van der Waals surface area contributed by atoms with E-state index in [1.165, 1.54) is 34.8 Å². The number of thiophene rings is 1. The van der Waals surface area contributed by atoms with Crippen LogP contribution in [0.1, 0.15) is 30.7 Å². The molecule has 32 heavy (non-hydrogen) atoms. The van der Waals surface area contributed by atoms with Crippen molar-refractivity contribution in [1.82, 2.24) is 9.55 Å². The average molecular weight is 493 g/mol. The summed E-state index contributed by atoms with van der Waals surface area (Å²) in [5.41, 5.74) is 1.23. The van der Waals surface area contributed by atoms with Crippen LogP contribution in [0.2, 0.25) is 5.02 Å². The van der Waals surface area contributed by atoms with E-state index in [9.17, 15) is 19.7 Å². The first-order valence-corrected chi connectivity index (χ1v) is 12.4. The number of nitro benzene ring substituents is 1. The van der Waals surface area contributed by atoms with Gasteiger partial charge < -0.3 is 5.32 Å². The van der Waals surface area contributed by atoms with Gasteiger partial charge in [-0.3, -0.25) is 24.3 Å². The Kier molecular flexibility index (Phi) is 6.55. The number of benzene rings is 1. The molecule has 11 heteroatoms. The minimum atomic E-state index is -0.553. The Morgan fingerprint density at radius 3 is 2.94 bits per heavy atom. The van der Waals surface area contributed by atoms with Crippen LogP contribution in [-0.4, -0.2) is 26.1 Å². The second-order valence-electron chi connectivity index (χ2n) is 7.73. The maximum absolute atomic E-state index is 13.2. The molecule has 0 fully saturated rings. The summed E-state index contributed by atoms with van der Waals surface area (Å²) in [4.78, 5) is 42.7. The molecule has 3 aromatic rings. The van der Waals surface area contributed by atoms with E-state index in [0.717, 1.165) is 35.0 Å². The molecule has 1 aliphatic rings. The van der Waals surface area contributed by atoms with Gasteiger partial charge in [-0.1, -0.05) is 30.3 Å². The first kappa shape index (κ1) is 22.8. The summed E-state index contributed by atoms with van der Waals surface area (Å²) in [6.07, 6.45) is 2.96. The Balaban J connectivity index is 1.55. The second-order valence-corrected chi connectivity index (χ2v) is 10.2. The quantitative estimate of drug-likeness (QED) is 0.227. The molecule has 1 aliphatic carbocycles. The Hall–Kier alpha value is -2.43. The van der Waals surface area contributed by atoms with Crippen molar-refractivity contribution < 1.29 is 9.72 Å².